The fraction of sp³-hybridized carbons (Fsp3) is 0.708. The molecular formula is C24H38N2. The van der Waals surface area contributed by atoms with Crippen LogP contribution >= 0.6 is 0 Å². The van der Waals surface area contributed by atoms with Crippen molar-refractivity contribution >= 4 is 5.84 Å². The Morgan fingerprint density at radius 2 is 1.65 bits per heavy atom. The van der Waals surface area contributed by atoms with Gasteiger partial charge in [0.2, 0.25) is 0 Å². The van der Waals surface area contributed by atoms with Crippen LogP contribution < -0.4 is 5.32 Å². The lowest BCUT2D eigenvalue weighted by atomic mass is 9.62. The molecule has 0 amide bonds. The number of rotatable bonds is 3. The van der Waals surface area contributed by atoms with Crippen molar-refractivity contribution in [2.75, 3.05) is 6.54 Å². The van der Waals surface area contributed by atoms with Gasteiger partial charge in [-0.1, -0.05) is 53.2 Å². The van der Waals surface area contributed by atoms with Crippen molar-refractivity contribution in [3.8, 4) is 0 Å². The Labute approximate surface area is 160 Å². The molecule has 1 heterocycles. The maximum atomic E-state index is 4.79. The van der Waals surface area contributed by atoms with Crippen LogP contribution in [0.4, 0.5) is 0 Å². The molecule has 144 valence electrons. The van der Waals surface area contributed by atoms with E-state index in [1.165, 1.54) is 49.1 Å². The molecule has 0 aromatic heterocycles. The summed E-state index contributed by atoms with van der Waals surface area (Å²) in [6, 6.07) is 5.38. The van der Waals surface area contributed by atoms with Crippen molar-refractivity contribution in [3.63, 3.8) is 0 Å². The number of aliphatic imine (C=N–C) groups is 1. The Bertz CT molecular complexity index is 682. The smallest absolute Gasteiger partial charge is 0.0967 e. The van der Waals surface area contributed by atoms with E-state index in [2.05, 4.69) is 59.0 Å². The fourth-order valence-electron chi connectivity index (χ4n) is 4.70. The molecule has 3 rings (SSSR count). The number of fused-ring (bicyclic) bond motifs is 1. The molecular weight excluding hydrogens is 316 g/mol. The van der Waals surface area contributed by atoms with Crippen molar-refractivity contribution in [3.05, 3.63) is 34.4 Å². The molecule has 1 N–H and O–H groups in total. The van der Waals surface area contributed by atoms with Crippen LogP contribution in [-0.4, -0.2) is 12.4 Å². The van der Waals surface area contributed by atoms with E-state index < -0.39 is 0 Å². The van der Waals surface area contributed by atoms with Crippen LogP contribution in [0.25, 0.3) is 0 Å². The van der Waals surface area contributed by atoms with Crippen LogP contribution in [0.1, 0.15) is 108 Å². The number of amidine groups is 1. The van der Waals surface area contributed by atoms with Crippen LogP contribution in [0.5, 0.6) is 0 Å². The van der Waals surface area contributed by atoms with E-state index in [0.717, 1.165) is 19.4 Å². The van der Waals surface area contributed by atoms with E-state index in [1.807, 2.05) is 0 Å². The number of hydrogen-bond acceptors (Lipinski definition) is 2. The van der Waals surface area contributed by atoms with Crippen molar-refractivity contribution in [1.29, 1.82) is 0 Å². The summed E-state index contributed by atoms with van der Waals surface area (Å²) in [4.78, 5) is 4.79. The Balaban J connectivity index is 1.98. The number of aryl methyl sites for hydroxylation is 1. The largest absolute Gasteiger partial charge is 0.367 e. The van der Waals surface area contributed by atoms with Gasteiger partial charge >= 0.3 is 0 Å². The summed E-state index contributed by atoms with van der Waals surface area (Å²) >= 11 is 0. The van der Waals surface area contributed by atoms with Gasteiger partial charge in [0.25, 0.3) is 0 Å². The minimum absolute atomic E-state index is 0.269. The monoisotopic (exact) mass is 354 g/mol. The number of hydrogen-bond donors (Lipinski definition) is 1. The summed E-state index contributed by atoms with van der Waals surface area (Å²) in [6.07, 6.45) is 8.57. The predicted octanol–water partition coefficient (Wildman–Crippen LogP) is 6.22. The highest BCUT2D eigenvalue weighted by Crippen LogP contribution is 2.47. The number of nitrogens with zero attached hydrogens (tertiary/aromatic N) is 1. The third kappa shape index (κ3) is 3.85. The highest BCUT2D eigenvalue weighted by molar-refractivity contribution is 5.82. The fourth-order valence-corrected chi connectivity index (χ4v) is 4.70. The van der Waals surface area contributed by atoms with Gasteiger partial charge in [0, 0.05) is 19.0 Å². The van der Waals surface area contributed by atoms with Gasteiger partial charge in [0.05, 0.1) is 5.84 Å². The summed E-state index contributed by atoms with van der Waals surface area (Å²) in [5, 5.41) is 3.75. The lowest BCUT2D eigenvalue weighted by Gasteiger charge is -2.43. The van der Waals surface area contributed by atoms with Gasteiger partial charge in [-0.2, -0.15) is 0 Å². The van der Waals surface area contributed by atoms with E-state index in [1.54, 1.807) is 11.1 Å². The first-order valence-corrected chi connectivity index (χ1v) is 10.7. The van der Waals surface area contributed by atoms with Gasteiger partial charge in [0.15, 0.2) is 0 Å². The Hall–Kier alpha value is -1.31. The SMILES string of the molecule is CCc1cc2c(cc1C(C)NC1=NCCCCC1)C(C)(C)CCC2(C)C. The van der Waals surface area contributed by atoms with Crippen molar-refractivity contribution in [1.82, 2.24) is 5.32 Å². The Morgan fingerprint density at radius 1 is 1.00 bits per heavy atom. The summed E-state index contributed by atoms with van der Waals surface area (Å²) in [5.74, 6) is 1.22. The molecule has 26 heavy (non-hydrogen) atoms. The van der Waals surface area contributed by atoms with E-state index in [0.29, 0.717) is 6.04 Å². The zero-order chi connectivity index (χ0) is 18.9. The topological polar surface area (TPSA) is 24.4 Å². The minimum Gasteiger partial charge on any atom is -0.367 e. The second-order valence-electron chi connectivity index (χ2n) is 9.72. The molecule has 2 aliphatic rings. The van der Waals surface area contributed by atoms with E-state index in [9.17, 15) is 0 Å². The summed E-state index contributed by atoms with van der Waals surface area (Å²) in [5.41, 5.74) is 6.68. The molecule has 1 aliphatic heterocycles. The Morgan fingerprint density at radius 3 is 2.31 bits per heavy atom. The van der Waals surface area contributed by atoms with Crippen LogP contribution in [0.2, 0.25) is 0 Å². The first-order chi connectivity index (χ1) is 12.2. The molecule has 2 nitrogen and oxygen atoms in total. The van der Waals surface area contributed by atoms with Crippen molar-refractivity contribution in [2.24, 2.45) is 4.99 Å². The van der Waals surface area contributed by atoms with Crippen molar-refractivity contribution < 1.29 is 0 Å². The molecule has 0 saturated carbocycles. The zero-order valence-electron chi connectivity index (χ0n) is 17.8. The zero-order valence-corrected chi connectivity index (χ0v) is 17.8. The average molecular weight is 355 g/mol. The van der Waals surface area contributed by atoms with Gasteiger partial charge in [0.1, 0.15) is 0 Å². The third-order valence-electron chi connectivity index (χ3n) is 6.72. The number of nitrogens with one attached hydrogen (secondary N) is 1. The third-order valence-corrected chi connectivity index (χ3v) is 6.72. The molecule has 1 unspecified atom stereocenters. The van der Waals surface area contributed by atoms with Crippen LogP contribution in [0.3, 0.4) is 0 Å². The molecule has 0 radical (unpaired) electrons. The molecule has 1 aliphatic carbocycles. The first kappa shape index (κ1) is 19.5. The molecule has 1 aromatic rings. The van der Waals surface area contributed by atoms with Gasteiger partial charge in [-0.3, -0.25) is 4.99 Å². The molecule has 1 atom stereocenters. The second-order valence-corrected chi connectivity index (χ2v) is 9.72. The maximum absolute atomic E-state index is 4.79. The predicted molar refractivity (Wildman–Crippen MR) is 113 cm³/mol. The lowest BCUT2D eigenvalue weighted by Crippen LogP contribution is -2.35. The van der Waals surface area contributed by atoms with Gasteiger partial charge in [-0.15, -0.1) is 0 Å². The molecule has 2 heteroatoms. The number of benzene rings is 1. The van der Waals surface area contributed by atoms with Gasteiger partial charge in [-0.25, -0.2) is 0 Å². The standard InChI is InChI=1S/C24H38N2/c1-7-18-15-20-21(24(5,6)13-12-23(20,3)4)16-19(18)17(2)26-22-11-9-8-10-14-25-22/h15-17H,7-14H2,1-6H3,(H,25,26). The van der Waals surface area contributed by atoms with Crippen LogP contribution in [0, 0.1) is 0 Å². The molecule has 0 saturated heterocycles. The van der Waals surface area contributed by atoms with Crippen LogP contribution in [0.15, 0.2) is 17.1 Å². The van der Waals surface area contributed by atoms with Gasteiger partial charge in [-0.05, 0) is 72.1 Å². The van der Waals surface area contributed by atoms with Crippen LogP contribution in [-0.2, 0) is 17.3 Å². The molecule has 0 fully saturated rings. The summed E-state index contributed by atoms with van der Waals surface area (Å²) in [7, 11) is 0. The molecule has 0 bridgehead atoms. The molecule has 0 spiro atoms. The van der Waals surface area contributed by atoms with Gasteiger partial charge < -0.3 is 5.32 Å². The summed E-state index contributed by atoms with van der Waals surface area (Å²) in [6.45, 7) is 15.3. The van der Waals surface area contributed by atoms with E-state index >= 15 is 0 Å². The normalized spacial score (nSPS) is 22.8. The highest BCUT2D eigenvalue weighted by Gasteiger charge is 2.37. The molecule has 1 aromatic carbocycles. The highest BCUT2D eigenvalue weighted by atomic mass is 15.0. The van der Waals surface area contributed by atoms with E-state index in [-0.39, 0.29) is 10.8 Å². The second kappa shape index (κ2) is 7.37. The average Bonchev–Trinajstić information content (AvgIpc) is 2.86. The Kier molecular flexibility index (Phi) is 5.51. The summed E-state index contributed by atoms with van der Waals surface area (Å²) < 4.78 is 0. The first-order valence-electron chi connectivity index (χ1n) is 10.7. The minimum atomic E-state index is 0.269. The lowest BCUT2D eigenvalue weighted by molar-refractivity contribution is 0.331. The van der Waals surface area contributed by atoms with E-state index in [4.69, 9.17) is 4.99 Å². The quantitative estimate of drug-likeness (QED) is 0.684. The maximum Gasteiger partial charge on any atom is 0.0967 e. The van der Waals surface area contributed by atoms with Crippen molar-refractivity contribution in [2.45, 2.75) is 103 Å².